The summed E-state index contributed by atoms with van der Waals surface area (Å²) < 4.78 is 0. The fraction of sp³-hybridized carbons (Fsp3) is 0.533. The third-order valence-electron chi connectivity index (χ3n) is 4.26. The number of rotatable bonds is 3. The predicted octanol–water partition coefficient (Wildman–Crippen LogP) is 2.22. The first kappa shape index (κ1) is 11.6. The van der Waals surface area contributed by atoms with E-state index in [0.29, 0.717) is 0 Å². The summed E-state index contributed by atoms with van der Waals surface area (Å²) in [5.74, 6) is 1.20. The van der Waals surface area contributed by atoms with Crippen molar-refractivity contribution in [2.24, 2.45) is 4.99 Å². The van der Waals surface area contributed by atoms with E-state index in [1.54, 1.807) is 0 Å². The summed E-state index contributed by atoms with van der Waals surface area (Å²) in [5, 5.41) is 3.50. The topological polar surface area (TPSA) is 27.6 Å². The Kier molecular flexibility index (Phi) is 2.77. The molecule has 2 aliphatic heterocycles. The van der Waals surface area contributed by atoms with Crippen LogP contribution in [-0.4, -0.2) is 31.5 Å². The Morgan fingerprint density at radius 3 is 2.89 bits per heavy atom. The lowest BCUT2D eigenvalue weighted by molar-refractivity contribution is 0.499. The minimum atomic E-state index is 0.0644. The molecule has 0 bridgehead atoms. The van der Waals surface area contributed by atoms with Crippen LogP contribution in [0.5, 0.6) is 0 Å². The van der Waals surface area contributed by atoms with Crippen LogP contribution in [0.2, 0.25) is 0 Å². The van der Waals surface area contributed by atoms with Gasteiger partial charge >= 0.3 is 0 Å². The van der Waals surface area contributed by atoms with Crippen LogP contribution in [0, 0.1) is 0 Å². The molecule has 1 N–H and O–H groups in total. The molecular weight excluding hydrogens is 222 g/mol. The Balaban J connectivity index is 2.03. The smallest absolute Gasteiger partial charge is 0.123 e. The van der Waals surface area contributed by atoms with Gasteiger partial charge in [-0.3, -0.25) is 4.99 Å². The number of para-hydroxylation sites is 1. The molecule has 1 aromatic carbocycles. The summed E-state index contributed by atoms with van der Waals surface area (Å²) in [4.78, 5) is 7.14. The highest BCUT2D eigenvalue weighted by atomic mass is 15.3. The van der Waals surface area contributed by atoms with Gasteiger partial charge in [-0.1, -0.05) is 31.5 Å². The molecule has 0 saturated carbocycles. The fourth-order valence-corrected chi connectivity index (χ4v) is 3.39. The van der Waals surface area contributed by atoms with E-state index in [1.807, 2.05) is 0 Å². The molecule has 0 saturated heterocycles. The van der Waals surface area contributed by atoms with Gasteiger partial charge in [-0.25, -0.2) is 0 Å². The molecule has 0 aliphatic carbocycles. The molecule has 96 valence electrons. The monoisotopic (exact) mass is 243 g/mol. The van der Waals surface area contributed by atoms with Crippen molar-refractivity contribution in [2.75, 3.05) is 25.0 Å². The van der Waals surface area contributed by atoms with E-state index in [-0.39, 0.29) is 5.54 Å². The first-order valence-corrected chi connectivity index (χ1v) is 6.88. The van der Waals surface area contributed by atoms with Gasteiger partial charge in [0.2, 0.25) is 0 Å². The zero-order chi connectivity index (χ0) is 12.6. The Morgan fingerprint density at radius 2 is 2.22 bits per heavy atom. The summed E-state index contributed by atoms with van der Waals surface area (Å²) in [6, 6.07) is 8.74. The molecule has 0 unspecified atom stereocenters. The van der Waals surface area contributed by atoms with E-state index in [9.17, 15) is 0 Å². The van der Waals surface area contributed by atoms with Crippen molar-refractivity contribution in [3.63, 3.8) is 0 Å². The fourth-order valence-electron chi connectivity index (χ4n) is 3.39. The molecule has 3 nitrogen and oxygen atoms in total. The minimum Gasteiger partial charge on any atom is -0.370 e. The van der Waals surface area contributed by atoms with E-state index in [2.05, 4.69) is 48.5 Å². The van der Waals surface area contributed by atoms with Gasteiger partial charge in [0.25, 0.3) is 0 Å². The van der Waals surface area contributed by atoms with E-state index in [4.69, 9.17) is 4.99 Å². The van der Waals surface area contributed by atoms with Gasteiger partial charge in [-0.05, 0) is 18.1 Å². The zero-order valence-electron chi connectivity index (χ0n) is 11.2. The summed E-state index contributed by atoms with van der Waals surface area (Å²) in [7, 11) is 2.21. The van der Waals surface area contributed by atoms with Crippen LogP contribution >= 0.6 is 0 Å². The van der Waals surface area contributed by atoms with Crippen LogP contribution in [0.1, 0.15) is 25.3 Å². The standard InChI is InChI=1S/C15H21N3/c1-3-8-15(14-16-9-10-17-14)11-12-6-4-5-7-13(12)18(15)2/h4-7H,3,8-11H2,1-2H3,(H,16,17)/t15-/m0/s1. The summed E-state index contributed by atoms with van der Waals surface area (Å²) in [6.45, 7) is 4.17. The zero-order valence-corrected chi connectivity index (χ0v) is 11.2. The normalized spacial score (nSPS) is 25.9. The second-order valence-electron chi connectivity index (χ2n) is 5.30. The minimum absolute atomic E-state index is 0.0644. The number of aliphatic imine (C=N–C) groups is 1. The Labute approximate surface area is 109 Å². The summed E-state index contributed by atoms with van der Waals surface area (Å²) >= 11 is 0. The molecule has 1 aromatic rings. The van der Waals surface area contributed by atoms with Crippen LogP contribution in [0.3, 0.4) is 0 Å². The number of benzene rings is 1. The first-order chi connectivity index (χ1) is 8.78. The number of fused-ring (bicyclic) bond motifs is 1. The number of amidine groups is 1. The largest absolute Gasteiger partial charge is 0.370 e. The predicted molar refractivity (Wildman–Crippen MR) is 76.5 cm³/mol. The van der Waals surface area contributed by atoms with Crippen molar-refractivity contribution in [3.8, 4) is 0 Å². The summed E-state index contributed by atoms with van der Waals surface area (Å²) in [5.41, 5.74) is 2.88. The van der Waals surface area contributed by atoms with Crippen LogP contribution in [0.4, 0.5) is 5.69 Å². The molecule has 0 radical (unpaired) electrons. The number of likely N-dealkylation sites (N-methyl/N-ethyl adjacent to an activating group) is 1. The Bertz CT molecular complexity index is 480. The van der Waals surface area contributed by atoms with E-state index in [1.165, 1.54) is 23.5 Å². The van der Waals surface area contributed by atoms with Crippen molar-refractivity contribution >= 4 is 11.5 Å². The lowest BCUT2D eigenvalue weighted by Gasteiger charge is -2.38. The molecule has 2 aliphatic rings. The molecule has 2 heterocycles. The van der Waals surface area contributed by atoms with E-state index < -0.39 is 0 Å². The average molecular weight is 243 g/mol. The number of anilines is 1. The van der Waals surface area contributed by atoms with Crippen LogP contribution in [-0.2, 0) is 6.42 Å². The van der Waals surface area contributed by atoms with Crippen LogP contribution in [0.15, 0.2) is 29.3 Å². The van der Waals surface area contributed by atoms with E-state index in [0.717, 1.165) is 25.9 Å². The van der Waals surface area contributed by atoms with Crippen LogP contribution in [0.25, 0.3) is 0 Å². The van der Waals surface area contributed by atoms with E-state index >= 15 is 0 Å². The highest BCUT2D eigenvalue weighted by Crippen LogP contribution is 2.41. The number of hydrogen-bond acceptors (Lipinski definition) is 3. The first-order valence-electron chi connectivity index (χ1n) is 6.88. The van der Waals surface area contributed by atoms with Gasteiger partial charge in [-0.2, -0.15) is 0 Å². The molecular formula is C15H21N3. The molecule has 0 spiro atoms. The van der Waals surface area contributed by atoms with Gasteiger partial charge in [0.1, 0.15) is 11.4 Å². The van der Waals surface area contributed by atoms with Crippen molar-refractivity contribution in [1.82, 2.24) is 5.32 Å². The Morgan fingerprint density at radius 1 is 1.39 bits per heavy atom. The quantitative estimate of drug-likeness (QED) is 0.881. The molecule has 3 heteroatoms. The molecule has 18 heavy (non-hydrogen) atoms. The molecule has 3 rings (SSSR count). The number of nitrogens with zero attached hydrogens (tertiary/aromatic N) is 2. The van der Waals surface area contributed by atoms with Gasteiger partial charge in [0, 0.05) is 25.7 Å². The lowest BCUT2D eigenvalue weighted by atomic mass is 9.88. The third kappa shape index (κ3) is 1.53. The maximum absolute atomic E-state index is 4.71. The maximum Gasteiger partial charge on any atom is 0.123 e. The highest BCUT2D eigenvalue weighted by molar-refractivity contribution is 5.98. The molecule has 0 aromatic heterocycles. The van der Waals surface area contributed by atoms with Crippen molar-refractivity contribution in [2.45, 2.75) is 31.7 Å². The SMILES string of the molecule is CCC[C@@]1(C2=NCCN2)Cc2ccccc2N1C. The number of hydrogen-bond donors (Lipinski definition) is 1. The molecule has 1 atom stereocenters. The third-order valence-corrected chi connectivity index (χ3v) is 4.26. The highest BCUT2D eigenvalue weighted by Gasteiger charge is 2.45. The Hall–Kier alpha value is -1.51. The van der Waals surface area contributed by atoms with Crippen molar-refractivity contribution in [1.29, 1.82) is 0 Å². The lowest BCUT2D eigenvalue weighted by Crippen LogP contribution is -2.55. The van der Waals surface area contributed by atoms with Gasteiger partial charge in [-0.15, -0.1) is 0 Å². The van der Waals surface area contributed by atoms with Crippen molar-refractivity contribution in [3.05, 3.63) is 29.8 Å². The van der Waals surface area contributed by atoms with Gasteiger partial charge in [0.05, 0.1) is 6.54 Å². The average Bonchev–Trinajstić information content (AvgIpc) is 2.99. The van der Waals surface area contributed by atoms with Gasteiger partial charge in [0.15, 0.2) is 0 Å². The second kappa shape index (κ2) is 4.30. The van der Waals surface area contributed by atoms with Crippen molar-refractivity contribution < 1.29 is 0 Å². The van der Waals surface area contributed by atoms with Gasteiger partial charge < -0.3 is 10.2 Å². The number of nitrogens with one attached hydrogen (secondary N) is 1. The maximum atomic E-state index is 4.71. The second-order valence-corrected chi connectivity index (χ2v) is 5.30. The molecule has 0 amide bonds. The summed E-state index contributed by atoms with van der Waals surface area (Å²) in [6.07, 6.45) is 3.42. The van der Waals surface area contributed by atoms with Crippen LogP contribution < -0.4 is 10.2 Å². The molecule has 0 fully saturated rings.